The average molecular weight is 253 g/mol. The summed E-state index contributed by atoms with van der Waals surface area (Å²) in [7, 11) is 3.60. The number of aliphatic hydroxyl groups excluding tert-OH is 1. The van der Waals surface area contributed by atoms with Crippen LogP contribution >= 0.6 is 0 Å². The fourth-order valence-electron chi connectivity index (χ4n) is 1.93. The zero-order valence-electron chi connectivity index (χ0n) is 11.6. The highest BCUT2D eigenvalue weighted by molar-refractivity contribution is 5.60. The third-order valence-corrected chi connectivity index (χ3v) is 2.87. The summed E-state index contributed by atoms with van der Waals surface area (Å²) in [5, 5.41) is 9.90. The molecule has 1 rings (SSSR count). The Bertz CT molecular complexity index is 366. The van der Waals surface area contributed by atoms with Gasteiger partial charge in [0.1, 0.15) is 5.75 Å². The van der Waals surface area contributed by atoms with Crippen molar-refractivity contribution in [2.45, 2.75) is 20.0 Å². The number of methoxy groups -OCH3 is 1. The van der Waals surface area contributed by atoms with Crippen molar-refractivity contribution in [1.82, 2.24) is 0 Å². The van der Waals surface area contributed by atoms with Gasteiger partial charge in [-0.3, -0.25) is 0 Å². The number of hydrogen-bond acceptors (Lipinski definition) is 4. The smallest absolute Gasteiger partial charge is 0.126 e. The largest absolute Gasteiger partial charge is 0.496 e. The van der Waals surface area contributed by atoms with Crippen LogP contribution in [0.1, 0.15) is 25.5 Å². The molecule has 0 heterocycles. The molecule has 0 saturated heterocycles. The summed E-state index contributed by atoms with van der Waals surface area (Å²) >= 11 is 0. The van der Waals surface area contributed by atoms with Crippen molar-refractivity contribution in [3.63, 3.8) is 0 Å². The number of benzene rings is 1. The summed E-state index contributed by atoms with van der Waals surface area (Å²) in [6, 6.07) is 5.77. The first-order valence-electron chi connectivity index (χ1n) is 6.25. The van der Waals surface area contributed by atoms with E-state index in [2.05, 4.69) is 4.90 Å². The monoisotopic (exact) mass is 253 g/mol. The molecule has 0 aliphatic carbocycles. The zero-order valence-corrected chi connectivity index (χ0v) is 11.6. The van der Waals surface area contributed by atoms with E-state index in [0.717, 1.165) is 24.4 Å². The van der Waals surface area contributed by atoms with Crippen LogP contribution < -0.4 is 9.64 Å². The second kappa shape index (κ2) is 7.24. The molecule has 0 aromatic heterocycles. The van der Waals surface area contributed by atoms with Crippen LogP contribution in [0.15, 0.2) is 18.2 Å². The molecule has 0 saturated carbocycles. The van der Waals surface area contributed by atoms with Crippen LogP contribution in [0.4, 0.5) is 5.69 Å². The second-order valence-electron chi connectivity index (χ2n) is 4.19. The minimum atomic E-state index is -0.564. The normalized spacial score (nSPS) is 12.3. The topological polar surface area (TPSA) is 41.9 Å². The highest BCUT2D eigenvalue weighted by atomic mass is 16.5. The highest BCUT2D eigenvalue weighted by Crippen LogP contribution is 2.33. The lowest BCUT2D eigenvalue weighted by Crippen LogP contribution is -2.24. The minimum absolute atomic E-state index is 0.564. The predicted octanol–water partition coefficient (Wildman–Crippen LogP) is 2.22. The van der Waals surface area contributed by atoms with E-state index >= 15 is 0 Å². The molecule has 0 fully saturated rings. The van der Waals surface area contributed by atoms with Gasteiger partial charge in [0.2, 0.25) is 0 Å². The van der Waals surface area contributed by atoms with E-state index in [0.29, 0.717) is 12.4 Å². The molecule has 1 unspecified atom stereocenters. The molecule has 0 amide bonds. The number of ether oxygens (including phenoxy) is 2. The molecule has 102 valence electrons. The standard InChI is InChI=1S/C14H23NO3/c1-5-18-10-9-15(3)12-7-6-8-13(17-4)14(12)11(2)16/h6-8,11,16H,5,9-10H2,1-4H3. The van der Waals surface area contributed by atoms with Gasteiger partial charge in [-0.1, -0.05) is 6.07 Å². The number of likely N-dealkylation sites (N-methyl/N-ethyl adjacent to an activating group) is 1. The third kappa shape index (κ3) is 3.62. The molecule has 0 spiro atoms. The Labute approximate surface area is 109 Å². The molecule has 18 heavy (non-hydrogen) atoms. The van der Waals surface area contributed by atoms with Crippen LogP contribution in [0.3, 0.4) is 0 Å². The molecule has 0 aliphatic heterocycles. The maximum Gasteiger partial charge on any atom is 0.126 e. The Hall–Kier alpha value is -1.26. The van der Waals surface area contributed by atoms with Crippen LogP contribution in [-0.2, 0) is 4.74 Å². The maximum atomic E-state index is 9.90. The second-order valence-corrected chi connectivity index (χ2v) is 4.19. The summed E-state index contributed by atoms with van der Waals surface area (Å²) in [4.78, 5) is 2.07. The van der Waals surface area contributed by atoms with Gasteiger partial charge in [0.05, 0.1) is 19.8 Å². The minimum Gasteiger partial charge on any atom is -0.496 e. The molecule has 0 bridgehead atoms. The van der Waals surface area contributed by atoms with Crippen LogP contribution in [0.5, 0.6) is 5.75 Å². The molecular formula is C14H23NO3. The first kappa shape index (κ1) is 14.8. The van der Waals surface area contributed by atoms with Gasteiger partial charge in [0.15, 0.2) is 0 Å². The molecule has 0 aliphatic rings. The molecule has 1 atom stereocenters. The number of anilines is 1. The van der Waals surface area contributed by atoms with E-state index in [9.17, 15) is 5.11 Å². The lowest BCUT2D eigenvalue weighted by Gasteiger charge is -2.25. The first-order valence-corrected chi connectivity index (χ1v) is 6.25. The Morgan fingerprint density at radius 1 is 1.39 bits per heavy atom. The van der Waals surface area contributed by atoms with Crippen molar-refractivity contribution in [1.29, 1.82) is 0 Å². The van der Waals surface area contributed by atoms with E-state index in [1.807, 2.05) is 32.2 Å². The SMILES string of the molecule is CCOCCN(C)c1cccc(OC)c1C(C)O. The fourth-order valence-corrected chi connectivity index (χ4v) is 1.93. The summed E-state index contributed by atoms with van der Waals surface area (Å²) < 4.78 is 10.7. The molecule has 4 nitrogen and oxygen atoms in total. The number of aliphatic hydroxyl groups is 1. The van der Waals surface area contributed by atoms with E-state index in [1.165, 1.54) is 0 Å². The molecule has 1 aromatic rings. The van der Waals surface area contributed by atoms with Gasteiger partial charge >= 0.3 is 0 Å². The van der Waals surface area contributed by atoms with E-state index < -0.39 is 6.10 Å². The quantitative estimate of drug-likeness (QED) is 0.757. The Kier molecular flexibility index (Phi) is 5.95. The van der Waals surface area contributed by atoms with E-state index in [4.69, 9.17) is 9.47 Å². The number of nitrogens with zero attached hydrogens (tertiary/aromatic N) is 1. The lowest BCUT2D eigenvalue weighted by molar-refractivity contribution is 0.154. The summed E-state index contributed by atoms with van der Waals surface area (Å²) in [5.74, 6) is 0.714. The third-order valence-electron chi connectivity index (χ3n) is 2.87. The van der Waals surface area contributed by atoms with Crippen molar-refractivity contribution < 1.29 is 14.6 Å². The van der Waals surface area contributed by atoms with Crippen molar-refractivity contribution in [2.75, 3.05) is 38.8 Å². The van der Waals surface area contributed by atoms with Gasteiger partial charge in [0.25, 0.3) is 0 Å². The van der Waals surface area contributed by atoms with Gasteiger partial charge in [-0.2, -0.15) is 0 Å². The van der Waals surface area contributed by atoms with Gasteiger partial charge < -0.3 is 19.5 Å². The van der Waals surface area contributed by atoms with Gasteiger partial charge in [-0.25, -0.2) is 0 Å². The zero-order chi connectivity index (χ0) is 13.5. The maximum absolute atomic E-state index is 9.90. The summed E-state index contributed by atoms with van der Waals surface area (Å²) in [5.41, 5.74) is 1.79. The van der Waals surface area contributed by atoms with Crippen molar-refractivity contribution in [3.8, 4) is 5.75 Å². The van der Waals surface area contributed by atoms with Crippen molar-refractivity contribution >= 4 is 5.69 Å². The summed E-state index contributed by atoms with van der Waals surface area (Å²) in [6.45, 7) is 5.89. The Morgan fingerprint density at radius 2 is 2.11 bits per heavy atom. The number of rotatable bonds is 7. The van der Waals surface area contributed by atoms with Crippen LogP contribution in [0.2, 0.25) is 0 Å². The van der Waals surface area contributed by atoms with Crippen LogP contribution in [-0.4, -0.2) is 39.0 Å². The number of hydrogen-bond donors (Lipinski definition) is 1. The molecular weight excluding hydrogens is 230 g/mol. The van der Waals surface area contributed by atoms with Gasteiger partial charge in [-0.15, -0.1) is 0 Å². The van der Waals surface area contributed by atoms with Crippen molar-refractivity contribution in [2.24, 2.45) is 0 Å². The molecule has 4 heteroatoms. The van der Waals surface area contributed by atoms with Gasteiger partial charge in [-0.05, 0) is 26.0 Å². The fraction of sp³-hybridized carbons (Fsp3) is 0.571. The van der Waals surface area contributed by atoms with Crippen molar-refractivity contribution in [3.05, 3.63) is 23.8 Å². The summed E-state index contributed by atoms with van der Waals surface area (Å²) in [6.07, 6.45) is -0.564. The van der Waals surface area contributed by atoms with Crippen LogP contribution in [0.25, 0.3) is 0 Å². The Balaban J connectivity index is 2.92. The molecule has 1 N–H and O–H groups in total. The van der Waals surface area contributed by atoms with E-state index in [-0.39, 0.29) is 0 Å². The van der Waals surface area contributed by atoms with Crippen LogP contribution in [0, 0.1) is 0 Å². The molecule has 0 radical (unpaired) electrons. The van der Waals surface area contributed by atoms with E-state index in [1.54, 1.807) is 14.0 Å². The lowest BCUT2D eigenvalue weighted by atomic mass is 10.1. The van der Waals surface area contributed by atoms with Gasteiger partial charge in [0, 0.05) is 31.5 Å². The molecule has 1 aromatic carbocycles. The Morgan fingerprint density at radius 3 is 2.67 bits per heavy atom. The average Bonchev–Trinajstić information content (AvgIpc) is 2.37. The highest BCUT2D eigenvalue weighted by Gasteiger charge is 2.16. The predicted molar refractivity (Wildman–Crippen MR) is 73.4 cm³/mol. The first-order chi connectivity index (χ1) is 8.61.